The molecule has 0 unspecified atom stereocenters. The van der Waals surface area contributed by atoms with Crippen molar-refractivity contribution < 1.29 is 13.2 Å². The van der Waals surface area contributed by atoms with Gasteiger partial charge in [-0.1, -0.05) is 38.1 Å². The minimum atomic E-state index is -3.76. The summed E-state index contributed by atoms with van der Waals surface area (Å²) in [4.78, 5) is 14.9. The summed E-state index contributed by atoms with van der Waals surface area (Å²) in [7, 11) is -2.22. The van der Waals surface area contributed by atoms with E-state index in [0.717, 1.165) is 18.4 Å². The molecule has 1 heterocycles. The van der Waals surface area contributed by atoms with E-state index < -0.39 is 10.0 Å². The van der Waals surface area contributed by atoms with Gasteiger partial charge < -0.3 is 4.90 Å². The smallest absolute Gasteiger partial charge is 0.264 e. The topological polar surface area (TPSA) is 57.7 Å². The van der Waals surface area contributed by atoms with E-state index in [-0.39, 0.29) is 16.2 Å². The fourth-order valence-corrected chi connectivity index (χ4v) is 5.08. The number of amides is 1. The first-order valence-corrected chi connectivity index (χ1v) is 11.0. The lowest BCUT2D eigenvalue weighted by Gasteiger charge is -2.38. The van der Waals surface area contributed by atoms with Gasteiger partial charge in [0.2, 0.25) is 0 Å². The molecular formula is C22H28N2O3S. The van der Waals surface area contributed by atoms with E-state index in [2.05, 4.69) is 13.8 Å². The van der Waals surface area contributed by atoms with E-state index in [9.17, 15) is 13.2 Å². The summed E-state index contributed by atoms with van der Waals surface area (Å²) in [6.07, 6.45) is 2.05. The summed E-state index contributed by atoms with van der Waals surface area (Å²) in [5, 5.41) is 0. The van der Waals surface area contributed by atoms with Crippen molar-refractivity contribution >= 4 is 21.6 Å². The maximum Gasteiger partial charge on any atom is 0.264 e. The van der Waals surface area contributed by atoms with Crippen molar-refractivity contribution in [1.82, 2.24) is 4.90 Å². The molecule has 2 aromatic carbocycles. The van der Waals surface area contributed by atoms with Crippen LogP contribution in [0.2, 0.25) is 0 Å². The fourth-order valence-electron chi connectivity index (χ4n) is 3.77. The third-order valence-corrected chi connectivity index (χ3v) is 7.15. The minimum absolute atomic E-state index is 0.0860. The molecule has 6 heteroatoms. The standard InChI is InChI=1S/C22H28N2O3S/c1-17-9-5-6-12-20(17)23(4)28(26,27)19-11-7-10-18(15-19)21(25)24-14-8-13-22(2,3)16-24/h5-7,9-12,15H,8,13-14,16H2,1-4H3. The van der Waals surface area contributed by atoms with Crippen molar-refractivity contribution in [3.63, 3.8) is 0 Å². The van der Waals surface area contributed by atoms with Crippen molar-refractivity contribution in [2.75, 3.05) is 24.4 Å². The van der Waals surface area contributed by atoms with Gasteiger partial charge in [-0.15, -0.1) is 0 Å². The number of aryl methyl sites for hydroxylation is 1. The first-order chi connectivity index (χ1) is 13.1. The average molecular weight is 401 g/mol. The number of hydrogen-bond donors (Lipinski definition) is 0. The Morgan fingerprint density at radius 1 is 1.11 bits per heavy atom. The van der Waals surface area contributed by atoms with Crippen molar-refractivity contribution in [1.29, 1.82) is 0 Å². The van der Waals surface area contributed by atoms with Crippen LogP contribution in [0.25, 0.3) is 0 Å². The minimum Gasteiger partial charge on any atom is -0.338 e. The van der Waals surface area contributed by atoms with E-state index in [4.69, 9.17) is 0 Å². The quantitative estimate of drug-likeness (QED) is 0.777. The van der Waals surface area contributed by atoms with E-state index >= 15 is 0 Å². The van der Waals surface area contributed by atoms with Gasteiger partial charge in [0.15, 0.2) is 0 Å². The lowest BCUT2D eigenvalue weighted by Crippen LogP contribution is -2.43. The van der Waals surface area contributed by atoms with Gasteiger partial charge in [0.25, 0.3) is 15.9 Å². The largest absolute Gasteiger partial charge is 0.338 e. The highest BCUT2D eigenvalue weighted by Crippen LogP contribution is 2.30. The molecule has 0 aliphatic carbocycles. The number of benzene rings is 2. The van der Waals surface area contributed by atoms with Crippen LogP contribution < -0.4 is 4.31 Å². The van der Waals surface area contributed by atoms with Crippen LogP contribution in [0.5, 0.6) is 0 Å². The van der Waals surface area contributed by atoms with Crippen molar-refractivity contribution in [3.8, 4) is 0 Å². The second kappa shape index (κ2) is 7.59. The molecule has 5 nitrogen and oxygen atoms in total. The maximum absolute atomic E-state index is 13.1. The first kappa shape index (κ1) is 20.4. The number of carbonyl (C=O) groups is 1. The molecule has 0 N–H and O–H groups in total. The van der Waals surface area contributed by atoms with Crippen LogP contribution in [0.15, 0.2) is 53.4 Å². The number of nitrogens with zero attached hydrogens (tertiary/aromatic N) is 2. The summed E-state index contributed by atoms with van der Waals surface area (Å²) < 4.78 is 27.6. The Labute approximate surface area is 168 Å². The van der Waals surface area contributed by atoms with Gasteiger partial charge in [0.1, 0.15) is 0 Å². The predicted molar refractivity (Wildman–Crippen MR) is 112 cm³/mol. The van der Waals surface area contributed by atoms with Gasteiger partial charge in [-0.3, -0.25) is 9.10 Å². The highest BCUT2D eigenvalue weighted by molar-refractivity contribution is 7.92. The summed E-state index contributed by atoms with van der Waals surface area (Å²) in [5.74, 6) is -0.108. The Morgan fingerprint density at radius 2 is 1.82 bits per heavy atom. The Morgan fingerprint density at radius 3 is 2.50 bits per heavy atom. The predicted octanol–water partition coefficient (Wildman–Crippen LogP) is 4.08. The molecule has 3 rings (SSSR count). The van der Waals surface area contributed by atoms with Crippen LogP contribution in [0.3, 0.4) is 0 Å². The summed E-state index contributed by atoms with van der Waals surface area (Å²) in [5.41, 5.74) is 1.99. The van der Waals surface area contributed by atoms with Gasteiger partial charge in [0, 0.05) is 25.7 Å². The zero-order chi connectivity index (χ0) is 20.5. The molecule has 2 aromatic rings. The van der Waals surface area contributed by atoms with Crippen LogP contribution >= 0.6 is 0 Å². The number of carbonyl (C=O) groups excluding carboxylic acids is 1. The number of para-hydroxylation sites is 1. The Balaban J connectivity index is 1.90. The van der Waals surface area contributed by atoms with Crippen molar-refractivity contribution in [3.05, 3.63) is 59.7 Å². The molecule has 28 heavy (non-hydrogen) atoms. The first-order valence-electron chi connectivity index (χ1n) is 9.56. The van der Waals surface area contributed by atoms with Crippen molar-refractivity contribution in [2.45, 2.75) is 38.5 Å². The number of anilines is 1. The third-order valence-electron chi connectivity index (χ3n) is 5.38. The van der Waals surface area contributed by atoms with Crippen LogP contribution in [0, 0.1) is 12.3 Å². The van der Waals surface area contributed by atoms with Crippen LogP contribution in [-0.2, 0) is 10.0 Å². The molecule has 1 aliphatic rings. The second-order valence-electron chi connectivity index (χ2n) is 8.28. The number of rotatable bonds is 4. The van der Waals surface area contributed by atoms with E-state index in [0.29, 0.717) is 24.3 Å². The SMILES string of the molecule is Cc1ccccc1N(C)S(=O)(=O)c1cccc(C(=O)N2CCCC(C)(C)C2)c1. The van der Waals surface area contributed by atoms with Crippen LogP contribution in [-0.4, -0.2) is 39.4 Å². The zero-order valence-corrected chi connectivity index (χ0v) is 17.8. The highest BCUT2D eigenvalue weighted by atomic mass is 32.2. The summed E-state index contributed by atoms with van der Waals surface area (Å²) in [6, 6.07) is 13.7. The molecular weight excluding hydrogens is 372 g/mol. The van der Waals surface area contributed by atoms with E-state index in [1.165, 1.54) is 10.4 Å². The maximum atomic E-state index is 13.1. The van der Waals surface area contributed by atoms with E-state index in [1.807, 2.05) is 30.0 Å². The number of hydrogen-bond acceptors (Lipinski definition) is 3. The molecule has 1 amide bonds. The lowest BCUT2D eigenvalue weighted by atomic mass is 9.84. The van der Waals surface area contributed by atoms with E-state index in [1.54, 1.807) is 31.3 Å². The molecule has 0 radical (unpaired) electrons. The molecule has 1 saturated heterocycles. The molecule has 0 saturated carbocycles. The molecule has 150 valence electrons. The summed E-state index contributed by atoms with van der Waals surface area (Å²) >= 11 is 0. The van der Waals surface area contributed by atoms with Crippen LogP contribution in [0.4, 0.5) is 5.69 Å². The normalized spacial score (nSPS) is 16.6. The van der Waals surface area contributed by atoms with Crippen molar-refractivity contribution in [2.24, 2.45) is 5.41 Å². The molecule has 0 aromatic heterocycles. The molecule has 1 fully saturated rings. The number of sulfonamides is 1. The van der Waals surface area contributed by atoms with Gasteiger partial charge >= 0.3 is 0 Å². The summed E-state index contributed by atoms with van der Waals surface area (Å²) in [6.45, 7) is 7.59. The number of likely N-dealkylation sites (tertiary alicyclic amines) is 1. The Hall–Kier alpha value is -2.34. The third kappa shape index (κ3) is 4.07. The fraction of sp³-hybridized carbons (Fsp3) is 0.409. The molecule has 0 spiro atoms. The van der Waals surface area contributed by atoms with Crippen LogP contribution in [0.1, 0.15) is 42.6 Å². The average Bonchev–Trinajstić information content (AvgIpc) is 2.66. The van der Waals surface area contributed by atoms with Gasteiger partial charge in [-0.25, -0.2) is 8.42 Å². The Kier molecular flexibility index (Phi) is 5.53. The zero-order valence-electron chi connectivity index (χ0n) is 17.0. The Bertz CT molecular complexity index is 983. The molecule has 0 atom stereocenters. The molecule has 0 bridgehead atoms. The van der Waals surface area contributed by atoms with Gasteiger partial charge in [-0.05, 0) is 55.0 Å². The van der Waals surface area contributed by atoms with Gasteiger partial charge in [0.05, 0.1) is 10.6 Å². The number of piperidine rings is 1. The lowest BCUT2D eigenvalue weighted by molar-refractivity contribution is 0.0583. The second-order valence-corrected chi connectivity index (χ2v) is 10.3. The van der Waals surface area contributed by atoms with Gasteiger partial charge in [-0.2, -0.15) is 0 Å². The highest BCUT2D eigenvalue weighted by Gasteiger charge is 2.30. The molecule has 1 aliphatic heterocycles. The monoisotopic (exact) mass is 400 g/mol.